The SMILES string of the molecule is CNc1nc(C)nc2ccncc12. The quantitative estimate of drug-likeness (QED) is 0.709. The lowest BCUT2D eigenvalue weighted by Crippen LogP contribution is -1.98. The Hall–Kier alpha value is -1.71. The topological polar surface area (TPSA) is 50.7 Å². The van der Waals surface area contributed by atoms with Gasteiger partial charge in [-0.3, -0.25) is 4.98 Å². The summed E-state index contributed by atoms with van der Waals surface area (Å²) in [5.74, 6) is 1.60. The summed E-state index contributed by atoms with van der Waals surface area (Å²) in [4.78, 5) is 12.6. The molecule has 0 aromatic carbocycles. The Morgan fingerprint density at radius 1 is 1.31 bits per heavy atom. The van der Waals surface area contributed by atoms with Gasteiger partial charge in [0.15, 0.2) is 0 Å². The maximum atomic E-state index is 4.29. The molecule has 2 rings (SSSR count). The van der Waals surface area contributed by atoms with Crippen molar-refractivity contribution in [3.05, 3.63) is 24.3 Å². The molecular weight excluding hydrogens is 164 g/mol. The minimum atomic E-state index is 0.767. The number of rotatable bonds is 1. The Bertz CT molecular complexity index is 439. The molecule has 2 heterocycles. The molecule has 0 saturated carbocycles. The van der Waals surface area contributed by atoms with Gasteiger partial charge >= 0.3 is 0 Å². The van der Waals surface area contributed by atoms with Crippen molar-refractivity contribution in [2.24, 2.45) is 0 Å². The standard InChI is InChI=1S/C9H10N4/c1-6-12-8-3-4-11-5-7(8)9(10-2)13-6/h3-5H,1-2H3,(H,10,12,13). The van der Waals surface area contributed by atoms with Crippen molar-refractivity contribution in [1.82, 2.24) is 15.0 Å². The summed E-state index contributed by atoms with van der Waals surface area (Å²) in [6.07, 6.45) is 3.49. The van der Waals surface area contributed by atoms with Gasteiger partial charge in [0.05, 0.1) is 10.9 Å². The lowest BCUT2D eigenvalue weighted by molar-refractivity contribution is 1.08. The second-order valence-electron chi connectivity index (χ2n) is 2.76. The molecule has 0 aliphatic rings. The molecule has 0 amide bonds. The van der Waals surface area contributed by atoms with E-state index < -0.39 is 0 Å². The molecule has 4 nitrogen and oxygen atoms in total. The highest BCUT2D eigenvalue weighted by molar-refractivity contribution is 5.87. The molecule has 0 saturated heterocycles. The molecule has 0 atom stereocenters. The van der Waals surface area contributed by atoms with Crippen molar-refractivity contribution < 1.29 is 0 Å². The van der Waals surface area contributed by atoms with Gasteiger partial charge in [0, 0.05) is 19.4 Å². The third kappa shape index (κ3) is 1.30. The van der Waals surface area contributed by atoms with Crippen LogP contribution in [-0.4, -0.2) is 22.0 Å². The molecule has 4 heteroatoms. The van der Waals surface area contributed by atoms with Crippen molar-refractivity contribution in [1.29, 1.82) is 0 Å². The average Bonchev–Trinajstić information content (AvgIpc) is 2.16. The molecule has 0 spiro atoms. The highest BCUT2D eigenvalue weighted by Crippen LogP contribution is 2.17. The number of fused-ring (bicyclic) bond motifs is 1. The van der Waals surface area contributed by atoms with Crippen molar-refractivity contribution in [3.63, 3.8) is 0 Å². The van der Waals surface area contributed by atoms with Crippen LogP contribution in [0.25, 0.3) is 10.9 Å². The van der Waals surface area contributed by atoms with Gasteiger partial charge in [-0.25, -0.2) is 9.97 Å². The smallest absolute Gasteiger partial charge is 0.138 e. The van der Waals surface area contributed by atoms with Crippen LogP contribution < -0.4 is 5.32 Å². The Morgan fingerprint density at radius 2 is 2.15 bits per heavy atom. The minimum absolute atomic E-state index is 0.767. The molecular formula is C9H10N4. The van der Waals surface area contributed by atoms with Crippen LogP contribution in [0.3, 0.4) is 0 Å². The van der Waals surface area contributed by atoms with E-state index in [1.807, 2.05) is 20.0 Å². The van der Waals surface area contributed by atoms with Gasteiger partial charge in [-0.2, -0.15) is 0 Å². The van der Waals surface area contributed by atoms with E-state index >= 15 is 0 Å². The lowest BCUT2D eigenvalue weighted by atomic mass is 10.3. The first-order chi connectivity index (χ1) is 6.31. The monoisotopic (exact) mass is 174 g/mol. The number of hydrogen-bond donors (Lipinski definition) is 1. The maximum Gasteiger partial charge on any atom is 0.138 e. The minimum Gasteiger partial charge on any atom is -0.372 e. The summed E-state index contributed by atoms with van der Waals surface area (Å²) in [6, 6.07) is 1.88. The second-order valence-corrected chi connectivity index (χ2v) is 2.76. The fourth-order valence-electron chi connectivity index (χ4n) is 1.28. The lowest BCUT2D eigenvalue weighted by Gasteiger charge is -2.04. The third-order valence-electron chi connectivity index (χ3n) is 1.85. The van der Waals surface area contributed by atoms with Crippen LogP contribution in [0.2, 0.25) is 0 Å². The molecule has 0 bridgehead atoms. The van der Waals surface area contributed by atoms with Crippen molar-refractivity contribution in [3.8, 4) is 0 Å². The van der Waals surface area contributed by atoms with E-state index in [1.54, 1.807) is 12.4 Å². The van der Waals surface area contributed by atoms with Crippen LogP contribution in [-0.2, 0) is 0 Å². The van der Waals surface area contributed by atoms with Gasteiger partial charge in [-0.1, -0.05) is 0 Å². The van der Waals surface area contributed by atoms with Gasteiger partial charge in [0.2, 0.25) is 0 Å². The first-order valence-corrected chi connectivity index (χ1v) is 4.07. The predicted molar refractivity (Wildman–Crippen MR) is 51.6 cm³/mol. The molecule has 0 unspecified atom stereocenters. The molecule has 0 aliphatic heterocycles. The van der Waals surface area contributed by atoms with E-state index in [0.29, 0.717) is 0 Å². The highest BCUT2D eigenvalue weighted by atomic mass is 15.0. The summed E-state index contributed by atoms with van der Waals surface area (Å²) in [5.41, 5.74) is 0.923. The number of aryl methyl sites for hydroxylation is 1. The van der Waals surface area contributed by atoms with E-state index in [4.69, 9.17) is 0 Å². The van der Waals surface area contributed by atoms with Crippen molar-refractivity contribution in [2.45, 2.75) is 6.92 Å². The molecule has 66 valence electrons. The van der Waals surface area contributed by atoms with Gasteiger partial charge in [0.25, 0.3) is 0 Å². The molecule has 0 aliphatic carbocycles. The summed E-state index contributed by atoms with van der Waals surface area (Å²) in [6.45, 7) is 1.88. The van der Waals surface area contributed by atoms with Crippen LogP contribution in [0.15, 0.2) is 18.5 Å². The highest BCUT2D eigenvalue weighted by Gasteiger charge is 2.02. The molecule has 13 heavy (non-hydrogen) atoms. The van der Waals surface area contributed by atoms with E-state index in [9.17, 15) is 0 Å². The molecule has 2 aromatic heterocycles. The van der Waals surface area contributed by atoms with E-state index in [-0.39, 0.29) is 0 Å². The zero-order chi connectivity index (χ0) is 9.26. The number of nitrogens with zero attached hydrogens (tertiary/aromatic N) is 3. The number of nitrogens with one attached hydrogen (secondary N) is 1. The van der Waals surface area contributed by atoms with Gasteiger partial charge in [0.1, 0.15) is 11.6 Å². The fourth-order valence-corrected chi connectivity index (χ4v) is 1.28. The fraction of sp³-hybridized carbons (Fsp3) is 0.222. The number of pyridine rings is 1. The second kappa shape index (κ2) is 2.97. The van der Waals surface area contributed by atoms with Gasteiger partial charge in [-0.05, 0) is 13.0 Å². The molecule has 1 N–H and O–H groups in total. The largest absolute Gasteiger partial charge is 0.372 e. The van der Waals surface area contributed by atoms with E-state index in [1.165, 1.54) is 0 Å². The van der Waals surface area contributed by atoms with Crippen LogP contribution in [0.1, 0.15) is 5.82 Å². The maximum absolute atomic E-state index is 4.29. The summed E-state index contributed by atoms with van der Waals surface area (Å²) < 4.78 is 0. The van der Waals surface area contributed by atoms with Crippen LogP contribution in [0, 0.1) is 6.92 Å². The normalized spacial score (nSPS) is 10.3. The number of aromatic nitrogens is 3. The Balaban J connectivity index is 2.81. The summed E-state index contributed by atoms with van der Waals surface area (Å²) >= 11 is 0. The van der Waals surface area contributed by atoms with E-state index in [0.717, 1.165) is 22.5 Å². The molecule has 0 fully saturated rings. The predicted octanol–water partition coefficient (Wildman–Crippen LogP) is 1.37. The Kier molecular flexibility index (Phi) is 1.81. The molecule has 2 aromatic rings. The van der Waals surface area contributed by atoms with Crippen LogP contribution >= 0.6 is 0 Å². The van der Waals surface area contributed by atoms with Crippen molar-refractivity contribution in [2.75, 3.05) is 12.4 Å². The van der Waals surface area contributed by atoms with Crippen LogP contribution in [0.4, 0.5) is 5.82 Å². The van der Waals surface area contributed by atoms with Gasteiger partial charge in [-0.15, -0.1) is 0 Å². The van der Waals surface area contributed by atoms with Crippen molar-refractivity contribution >= 4 is 16.7 Å². The third-order valence-corrected chi connectivity index (χ3v) is 1.85. The van der Waals surface area contributed by atoms with Gasteiger partial charge < -0.3 is 5.32 Å². The number of hydrogen-bond acceptors (Lipinski definition) is 4. The number of anilines is 1. The Labute approximate surface area is 76.1 Å². The first kappa shape index (κ1) is 7.91. The summed E-state index contributed by atoms with van der Waals surface area (Å²) in [7, 11) is 1.84. The summed E-state index contributed by atoms with van der Waals surface area (Å²) in [5, 5.41) is 3.97. The van der Waals surface area contributed by atoms with Crippen LogP contribution in [0.5, 0.6) is 0 Å². The first-order valence-electron chi connectivity index (χ1n) is 4.07. The zero-order valence-electron chi connectivity index (χ0n) is 7.57. The van der Waals surface area contributed by atoms with E-state index in [2.05, 4.69) is 20.3 Å². The zero-order valence-corrected chi connectivity index (χ0v) is 7.57. The Morgan fingerprint density at radius 3 is 2.92 bits per heavy atom. The molecule has 0 radical (unpaired) electrons. The average molecular weight is 174 g/mol.